The Balaban J connectivity index is 3.52. The van der Waals surface area contributed by atoms with E-state index in [-0.39, 0.29) is 18.7 Å². The number of aliphatic hydroxyl groups excluding tert-OH is 1. The number of carbonyl (C=O) groups is 1. The average molecular weight is 234 g/mol. The Hall–Kier alpha value is -0.420. The third kappa shape index (κ3) is 8.57. The van der Waals surface area contributed by atoms with Crippen molar-refractivity contribution in [1.82, 2.24) is 10.6 Å². The van der Waals surface area contributed by atoms with Crippen LogP contribution in [-0.4, -0.2) is 42.3 Å². The minimum Gasteiger partial charge on any atom is -0.396 e. The van der Waals surface area contributed by atoms with Gasteiger partial charge in [0.2, 0.25) is 0 Å². The van der Waals surface area contributed by atoms with Gasteiger partial charge in [-0.1, -0.05) is 6.92 Å². The van der Waals surface area contributed by atoms with E-state index in [9.17, 15) is 4.79 Å². The maximum atomic E-state index is 11.3. The molecule has 1 unspecified atom stereocenters. The average Bonchev–Trinajstić information content (AvgIpc) is 2.24. The van der Waals surface area contributed by atoms with Crippen LogP contribution in [0.4, 0.5) is 4.79 Å². The lowest BCUT2D eigenvalue weighted by Crippen LogP contribution is -2.42. The predicted octanol–water partition coefficient (Wildman–Crippen LogP) is 1.20. The summed E-state index contributed by atoms with van der Waals surface area (Å²) in [7, 11) is 0. The highest BCUT2D eigenvalue weighted by molar-refractivity contribution is 7.98. The first-order chi connectivity index (χ1) is 7.24. The highest BCUT2D eigenvalue weighted by atomic mass is 32.2. The van der Waals surface area contributed by atoms with Crippen LogP contribution in [0.15, 0.2) is 0 Å². The first-order valence-electron chi connectivity index (χ1n) is 5.38. The lowest BCUT2D eigenvalue weighted by Gasteiger charge is -2.16. The van der Waals surface area contributed by atoms with Crippen molar-refractivity contribution in [1.29, 1.82) is 0 Å². The van der Waals surface area contributed by atoms with Crippen molar-refractivity contribution >= 4 is 17.8 Å². The molecule has 0 aliphatic rings. The summed E-state index contributed by atoms with van der Waals surface area (Å²) in [5.74, 6) is 1.06. The molecule has 5 heteroatoms. The summed E-state index contributed by atoms with van der Waals surface area (Å²) in [6.07, 6.45) is 4.51. The quantitative estimate of drug-likeness (QED) is 0.553. The van der Waals surface area contributed by atoms with Crippen LogP contribution in [0.5, 0.6) is 0 Å². The molecule has 0 aromatic rings. The van der Waals surface area contributed by atoms with Gasteiger partial charge in [-0.2, -0.15) is 11.8 Å². The van der Waals surface area contributed by atoms with Crippen molar-refractivity contribution in [2.75, 3.05) is 25.2 Å². The Morgan fingerprint density at radius 2 is 2.27 bits per heavy atom. The Labute approximate surface area is 96.2 Å². The molecule has 3 N–H and O–H groups in total. The van der Waals surface area contributed by atoms with E-state index in [1.54, 1.807) is 11.8 Å². The van der Waals surface area contributed by atoms with E-state index >= 15 is 0 Å². The number of amides is 2. The van der Waals surface area contributed by atoms with E-state index in [4.69, 9.17) is 5.11 Å². The first-order valence-corrected chi connectivity index (χ1v) is 6.78. The molecule has 0 aliphatic heterocycles. The number of aliphatic hydroxyl groups is 1. The number of hydrogen-bond acceptors (Lipinski definition) is 3. The summed E-state index contributed by atoms with van der Waals surface area (Å²) in [4.78, 5) is 11.3. The van der Waals surface area contributed by atoms with E-state index in [1.807, 2.05) is 6.92 Å². The topological polar surface area (TPSA) is 61.4 Å². The number of carbonyl (C=O) groups excluding carboxylic acids is 1. The summed E-state index contributed by atoms with van der Waals surface area (Å²) in [5, 5.41) is 14.4. The normalized spacial score (nSPS) is 12.2. The first kappa shape index (κ1) is 14.6. The molecule has 1 atom stereocenters. The van der Waals surface area contributed by atoms with E-state index in [1.165, 1.54) is 0 Å². The molecule has 0 aromatic carbocycles. The zero-order valence-electron chi connectivity index (χ0n) is 9.58. The third-order valence-corrected chi connectivity index (χ3v) is 2.81. The van der Waals surface area contributed by atoms with Crippen LogP contribution in [0.2, 0.25) is 0 Å². The Morgan fingerprint density at radius 1 is 1.53 bits per heavy atom. The van der Waals surface area contributed by atoms with Crippen LogP contribution < -0.4 is 10.6 Å². The van der Waals surface area contributed by atoms with Gasteiger partial charge in [-0.3, -0.25) is 0 Å². The van der Waals surface area contributed by atoms with Crippen molar-refractivity contribution in [2.24, 2.45) is 0 Å². The summed E-state index contributed by atoms with van der Waals surface area (Å²) in [6.45, 7) is 2.82. The molecule has 0 saturated heterocycles. The van der Waals surface area contributed by atoms with Gasteiger partial charge in [0.25, 0.3) is 0 Å². The lowest BCUT2D eigenvalue weighted by molar-refractivity contribution is 0.228. The molecule has 0 aliphatic carbocycles. The molecule has 4 nitrogen and oxygen atoms in total. The van der Waals surface area contributed by atoms with Crippen molar-refractivity contribution in [3.8, 4) is 0 Å². The number of urea groups is 1. The van der Waals surface area contributed by atoms with Gasteiger partial charge < -0.3 is 15.7 Å². The van der Waals surface area contributed by atoms with Crippen LogP contribution in [0.3, 0.4) is 0 Å². The highest BCUT2D eigenvalue weighted by Gasteiger charge is 2.08. The fraction of sp³-hybridized carbons (Fsp3) is 0.900. The number of rotatable bonds is 8. The smallest absolute Gasteiger partial charge is 0.315 e. The monoisotopic (exact) mass is 234 g/mol. The van der Waals surface area contributed by atoms with E-state index < -0.39 is 0 Å². The molecule has 0 saturated carbocycles. The third-order valence-electron chi connectivity index (χ3n) is 2.12. The standard InChI is InChI=1S/C10H22N2O2S/c1-3-9(5-7-13)12-10(14)11-6-4-8-15-2/h9,13H,3-8H2,1-2H3,(H2,11,12,14). The van der Waals surface area contributed by atoms with Crippen LogP contribution in [0.25, 0.3) is 0 Å². The fourth-order valence-electron chi connectivity index (χ4n) is 1.19. The van der Waals surface area contributed by atoms with Crippen LogP contribution in [-0.2, 0) is 0 Å². The lowest BCUT2D eigenvalue weighted by atomic mass is 10.2. The zero-order valence-corrected chi connectivity index (χ0v) is 10.4. The molecule has 0 radical (unpaired) electrons. The molecule has 0 rings (SSSR count). The molecule has 0 aromatic heterocycles. The second kappa shape index (κ2) is 10.1. The van der Waals surface area contributed by atoms with Gasteiger partial charge in [0.1, 0.15) is 0 Å². The Kier molecular flexibility index (Phi) is 9.83. The summed E-state index contributed by atoms with van der Waals surface area (Å²) in [5.41, 5.74) is 0. The van der Waals surface area contributed by atoms with Gasteiger partial charge in [0.15, 0.2) is 0 Å². The molecule has 0 spiro atoms. The summed E-state index contributed by atoms with van der Waals surface area (Å²) in [6, 6.07) is -0.0491. The molecule has 0 heterocycles. The number of hydrogen-bond donors (Lipinski definition) is 3. The van der Waals surface area contributed by atoms with Crippen molar-refractivity contribution in [3.05, 3.63) is 0 Å². The van der Waals surface area contributed by atoms with Crippen LogP contribution in [0.1, 0.15) is 26.2 Å². The van der Waals surface area contributed by atoms with Gasteiger partial charge in [0.05, 0.1) is 0 Å². The molecule has 0 bridgehead atoms. The van der Waals surface area contributed by atoms with E-state index in [2.05, 4.69) is 16.9 Å². The van der Waals surface area contributed by atoms with Crippen molar-refractivity contribution in [3.63, 3.8) is 0 Å². The second-order valence-electron chi connectivity index (χ2n) is 3.36. The van der Waals surface area contributed by atoms with Gasteiger partial charge in [-0.05, 0) is 31.3 Å². The number of nitrogens with one attached hydrogen (secondary N) is 2. The van der Waals surface area contributed by atoms with Crippen molar-refractivity contribution < 1.29 is 9.90 Å². The van der Waals surface area contributed by atoms with Gasteiger partial charge in [-0.25, -0.2) is 4.79 Å². The zero-order chi connectivity index (χ0) is 11.5. The van der Waals surface area contributed by atoms with E-state index in [0.29, 0.717) is 13.0 Å². The summed E-state index contributed by atoms with van der Waals surface area (Å²) < 4.78 is 0. The molecule has 2 amide bonds. The second-order valence-corrected chi connectivity index (χ2v) is 4.35. The van der Waals surface area contributed by atoms with Crippen molar-refractivity contribution in [2.45, 2.75) is 32.2 Å². The largest absolute Gasteiger partial charge is 0.396 e. The molecular weight excluding hydrogens is 212 g/mol. The molecule has 90 valence electrons. The SMILES string of the molecule is CCC(CCO)NC(=O)NCCCSC. The van der Waals surface area contributed by atoms with Gasteiger partial charge >= 0.3 is 6.03 Å². The maximum Gasteiger partial charge on any atom is 0.315 e. The van der Waals surface area contributed by atoms with Crippen LogP contribution >= 0.6 is 11.8 Å². The van der Waals surface area contributed by atoms with Gasteiger partial charge in [-0.15, -0.1) is 0 Å². The fourth-order valence-corrected chi connectivity index (χ4v) is 1.62. The predicted molar refractivity (Wildman–Crippen MR) is 65.3 cm³/mol. The van der Waals surface area contributed by atoms with Crippen LogP contribution in [0, 0.1) is 0 Å². The molecule has 0 fully saturated rings. The molecular formula is C10H22N2O2S. The van der Waals surface area contributed by atoms with E-state index in [0.717, 1.165) is 18.6 Å². The maximum absolute atomic E-state index is 11.3. The molecule has 15 heavy (non-hydrogen) atoms. The van der Waals surface area contributed by atoms with Gasteiger partial charge in [0, 0.05) is 19.2 Å². The minimum absolute atomic E-state index is 0.0792. The minimum atomic E-state index is -0.128. The Morgan fingerprint density at radius 3 is 2.80 bits per heavy atom. The number of thioether (sulfide) groups is 1. The summed E-state index contributed by atoms with van der Waals surface area (Å²) >= 11 is 1.78. The Bertz CT molecular complexity index is 168. The highest BCUT2D eigenvalue weighted by Crippen LogP contribution is 1.96.